The molecule has 0 aliphatic heterocycles. The molecule has 1 rings (SSSR count). The maximum atomic E-state index is 12.9. The van der Waals surface area contributed by atoms with Crippen molar-refractivity contribution in [3.8, 4) is 6.07 Å². The molecule has 76 valence electrons. The van der Waals surface area contributed by atoms with E-state index in [0.29, 0.717) is 5.56 Å². The highest BCUT2D eigenvalue weighted by atomic mass is 19.1. The molecule has 1 N–H and O–H groups in total. The predicted octanol–water partition coefficient (Wildman–Crippen LogP) is 2.19. The molecule has 0 aliphatic rings. The number of carboxylic acid groups (broad SMARTS) is 1. The summed E-state index contributed by atoms with van der Waals surface area (Å²) < 4.78 is 12.9. The summed E-state index contributed by atoms with van der Waals surface area (Å²) in [6.07, 6.45) is 2.74. The summed E-state index contributed by atoms with van der Waals surface area (Å²) in [7, 11) is 0. The van der Waals surface area contributed by atoms with E-state index >= 15 is 0 Å². The van der Waals surface area contributed by atoms with Crippen molar-refractivity contribution in [3.63, 3.8) is 0 Å². The zero-order chi connectivity index (χ0) is 11.3. The van der Waals surface area contributed by atoms with Crippen LogP contribution in [0, 0.1) is 17.1 Å². The maximum absolute atomic E-state index is 12.9. The number of halogens is 1. The number of aliphatic carboxylic acids is 1. The van der Waals surface area contributed by atoms with Crippen LogP contribution in [0.1, 0.15) is 17.5 Å². The van der Waals surface area contributed by atoms with Crippen molar-refractivity contribution in [1.29, 1.82) is 5.26 Å². The second kappa shape index (κ2) is 4.91. The van der Waals surface area contributed by atoms with E-state index in [-0.39, 0.29) is 12.0 Å². The van der Waals surface area contributed by atoms with Crippen LogP contribution < -0.4 is 0 Å². The van der Waals surface area contributed by atoms with Crippen molar-refractivity contribution < 1.29 is 14.3 Å². The topological polar surface area (TPSA) is 61.1 Å². The van der Waals surface area contributed by atoms with Crippen LogP contribution in [0.4, 0.5) is 4.39 Å². The third kappa shape index (κ3) is 3.61. The predicted molar refractivity (Wildman–Crippen MR) is 52.4 cm³/mol. The standard InChI is InChI=1S/C11H8FNO2/c12-10-5-8(2-1-3-11(14)15)4-9(6-10)7-13/h1-2,4-6H,3H2,(H,14,15). The number of nitrogens with zero attached hydrogens (tertiary/aromatic N) is 1. The van der Waals surface area contributed by atoms with Crippen LogP contribution in [0.3, 0.4) is 0 Å². The van der Waals surface area contributed by atoms with Gasteiger partial charge in [0.25, 0.3) is 0 Å². The average Bonchev–Trinajstić information content (AvgIpc) is 2.16. The second-order valence-corrected chi connectivity index (χ2v) is 2.89. The van der Waals surface area contributed by atoms with Gasteiger partial charge in [0.05, 0.1) is 18.1 Å². The monoisotopic (exact) mass is 205 g/mol. The quantitative estimate of drug-likeness (QED) is 0.822. The third-order valence-electron chi connectivity index (χ3n) is 1.65. The first-order valence-electron chi connectivity index (χ1n) is 4.21. The van der Waals surface area contributed by atoms with Crippen molar-refractivity contribution in [1.82, 2.24) is 0 Å². The molecule has 0 bridgehead atoms. The fourth-order valence-corrected chi connectivity index (χ4v) is 1.07. The van der Waals surface area contributed by atoms with Crippen LogP contribution in [0.25, 0.3) is 6.08 Å². The summed E-state index contributed by atoms with van der Waals surface area (Å²) in [5.74, 6) is -1.47. The maximum Gasteiger partial charge on any atom is 0.307 e. The zero-order valence-electron chi connectivity index (χ0n) is 7.77. The van der Waals surface area contributed by atoms with Crippen LogP contribution in [0.2, 0.25) is 0 Å². The van der Waals surface area contributed by atoms with Gasteiger partial charge in [-0.15, -0.1) is 0 Å². The molecule has 0 heterocycles. The lowest BCUT2D eigenvalue weighted by molar-refractivity contribution is -0.135. The first-order chi connectivity index (χ1) is 7.11. The van der Waals surface area contributed by atoms with E-state index in [1.54, 1.807) is 0 Å². The molecule has 0 unspecified atom stereocenters. The Bertz CT molecular complexity index is 446. The van der Waals surface area contributed by atoms with Crippen molar-refractivity contribution in [2.45, 2.75) is 6.42 Å². The van der Waals surface area contributed by atoms with Crippen molar-refractivity contribution in [2.75, 3.05) is 0 Å². The lowest BCUT2D eigenvalue weighted by Crippen LogP contribution is -1.89. The number of hydrogen-bond acceptors (Lipinski definition) is 2. The normalized spacial score (nSPS) is 10.1. The summed E-state index contributed by atoms with van der Waals surface area (Å²) in [5, 5.41) is 16.9. The summed E-state index contributed by atoms with van der Waals surface area (Å²) in [5.41, 5.74) is 0.692. The Morgan fingerprint density at radius 3 is 2.87 bits per heavy atom. The summed E-state index contributed by atoms with van der Waals surface area (Å²) in [6, 6.07) is 5.66. The lowest BCUT2D eigenvalue weighted by Gasteiger charge is -1.95. The van der Waals surface area contributed by atoms with Gasteiger partial charge in [-0.25, -0.2) is 4.39 Å². The fourth-order valence-electron chi connectivity index (χ4n) is 1.07. The Morgan fingerprint density at radius 1 is 1.53 bits per heavy atom. The highest BCUT2D eigenvalue weighted by molar-refractivity contribution is 5.70. The largest absolute Gasteiger partial charge is 0.481 e. The van der Waals surface area contributed by atoms with Gasteiger partial charge in [-0.3, -0.25) is 4.79 Å². The molecule has 0 saturated heterocycles. The molecule has 0 fully saturated rings. The number of benzene rings is 1. The number of carbonyl (C=O) groups is 1. The molecular formula is C11H8FNO2. The Hall–Kier alpha value is -2.15. The minimum atomic E-state index is -0.955. The molecule has 0 spiro atoms. The molecule has 3 nitrogen and oxygen atoms in total. The highest BCUT2D eigenvalue weighted by Crippen LogP contribution is 2.10. The first-order valence-corrected chi connectivity index (χ1v) is 4.21. The van der Waals surface area contributed by atoms with Gasteiger partial charge < -0.3 is 5.11 Å². The van der Waals surface area contributed by atoms with Gasteiger partial charge in [0.2, 0.25) is 0 Å². The SMILES string of the molecule is N#Cc1cc(F)cc(C=CCC(=O)O)c1. The Kier molecular flexibility index (Phi) is 3.58. The van der Waals surface area contributed by atoms with Gasteiger partial charge in [0.15, 0.2) is 0 Å². The van der Waals surface area contributed by atoms with Gasteiger partial charge in [-0.2, -0.15) is 5.26 Å². The van der Waals surface area contributed by atoms with Gasteiger partial charge in [-0.1, -0.05) is 12.2 Å². The molecule has 15 heavy (non-hydrogen) atoms. The molecule has 4 heteroatoms. The van der Waals surface area contributed by atoms with E-state index in [9.17, 15) is 9.18 Å². The molecule has 0 aromatic heterocycles. The minimum Gasteiger partial charge on any atom is -0.481 e. The van der Waals surface area contributed by atoms with Crippen molar-refractivity contribution in [3.05, 3.63) is 41.2 Å². The highest BCUT2D eigenvalue weighted by Gasteiger charge is 1.97. The number of carboxylic acids is 1. The first kappa shape index (κ1) is 10.9. The molecule has 1 aromatic rings. The van der Waals surface area contributed by atoms with E-state index < -0.39 is 11.8 Å². The smallest absolute Gasteiger partial charge is 0.307 e. The van der Waals surface area contributed by atoms with Gasteiger partial charge in [0, 0.05) is 0 Å². The van der Waals surface area contributed by atoms with Crippen molar-refractivity contribution in [2.24, 2.45) is 0 Å². The van der Waals surface area contributed by atoms with E-state index in [2.05, 4.69) is 0 Å². The van der Waals surface area contributed by atoms with Crippen LogP contribution >= 0.6 is 0 Å². The Labute approximate surface area is 86.1 Å². The average molecular weight is 205 g/mol. The molecule has 0 atom stereocenters. The fraction of sp³-hybridized carbons (Fsp3) is 0.0909. The summed E-state index contributed by atoms with van der Waals surface area (Å²) in [6.45, 7) is 0. The van der Waals surface area contributed by atoms with Crippen LogP contribution in [-0.4, -0.2) is 11.1 Å². The van der Waals surface area contributed by atoms with Crippen molar-refractivity contribution >= 4 is 12.0 Å². The minimum absolute atomic E-state index is 0.127. The zero-order valence-corrected chi connectivity index (χ0v) is 7.77. The van der Waals surface area contributed by atoms with Crippen LogP contribution in [0.15, 0.2) is 24.3 Å². The van der Waals surface area contributed by atoms with Gasteiger partial charge in [-0.05, 0) is 23.8 Å². The molecule has 0 aliphatic carbocycles. The van der Waals surface area contributed by atoms with Gasteiger partial charge >= 0.3 is 5.97 Å². The van der Waals surface area contributed by atoms with Crippen LogP contribution in [-0.2, 0) is 4.79 Å². The van der Waals surface area contributed by atoms with Gasteiger partial charge in [0.1, 0.15) is 5.82 Å². The van der Waals surface area contributed by atoms with E-state index in [1.807, 2.05) is 6.07 Å². The summed E-state index contributed by atoms with van der Waals surface area (Å²) >= 11 is 0. The molecule has 0 radical (unpaired) electrons. The van der Waals surface area contributed by atoms with E-state index in [1.165, 1.54) is 24.3 Å². The third-order valence-corrected chi connectivity index (χ3v) is 1.65. The number of hydrogen-bond donors (Lipinski definition) is 1. The molecule has 0 saturated carbocycles. The molecular weight excluding hydrogens is 197 g/mol. The number of rotatable bonds is 3. The Morgan fingerprint density at radius 2 is 2.27 bits per heavy atom. The molecule has 0 amide bonds. The van der Waals surface area contributed by atoms with Crippen LogP contribution in [0.5, 0.6) is 0 Å². The number of nitriles is 1. The second-order valence-electron chi connectivity index (χ2n) is 2.89. The van der Waals surface area contributed by atoms with E-state index in [4.69, 9.17) is 10.4 Å². The van der Waals surface area contributed by atoms with E-state index in [0.717, 1.165) is 6.07 Å². The summed E-state index contributed by atoms with van der Waals surface area (Å²) in [4.78, 5) is 10.2. The molecule has 1 aromatic carbocycles. The lowest BCUT2D eigenvalue weighted by atomic mass is 10.1. The Balaban J connectivity index is 2.86.